The van der Waals surface area contributed by atoms with Crippen LogP contribution in [0.5, 0.6) is 0 Å². The number of rotatable bonds is 4. The number of benzene rings is 1. The maximum Gasteiger partial charge on any atom is 0.194 e. The van der Waals surface area contributed by atoms with Crippen molar-refractivity contribution < 1.29 is 0 Å². The van der Waals surface area contributed by atoms with Gasteiger partial charge in [-0.25, -0.2) is 4.98 Å². The van der Waals surface area contributed by atoms with E-state index in [0.717, 1.165) is 22.9 Å². The van der Waals surface area contributed by atoms with Gasteiger partial charge in [0.1, 0.15) is 0 Å². The molecule has 5 heteroatoms. The standard InChI is InChI=1S/C15H17N3S2/c1-10-9-20-15-17-11(2)14(18(10)15)8-16-12-4-6-13(19-3)7-5-12/h4-7,9,16H,8H2,1-3H3. The zero-order chi connectivity index (χ0) is 14.1. The van der Waals surface area contributed by atoms with E-state index in [4.69, 9.17) is 0 Å². The molecule has 0 radical (unpaired) electrons. The first-order valence-electron chi connectivity index (χ1n) is 6.49. The molecule has 0 aliphatic heterocycles. The molecule has 2 aromatic heterocycles. The molecule has 3 nitrogen and oxygen atoms in total. The molecule has 3 rings (SSSR count). The molecule has 0 saturated heterocycles. The van der Waals surface area contributed by atoms with E-state index in [-0.39, 0.29) is 0 Å². The highest BCUT2D eigenvalue weighted by Gasteiger charge is 2.11. The first-order valence-corrected chi connectivity index (χ1v) is 8.59. The third kappa shape index (κ3) is 2.43. The zero-order valence-corrected chi connectivity index (χ0v) is 13.4. The van der Waals surface area contributed by atoms with Gasteiger partial charge in [0.15, 0.2) is 4.96 Å². The van der Waals surface area contributed by atoms with Gasteiger partial charge in [-0.05, 0) is 44.4 Å². The number of nitrogens with one attached hydrogen (secondary N) is 1. The lowest BCUT2D eigenvalue weighted by atomic mass is 10.3. The Morgan fingerprint density at radius 3 is 2.70 bits per heavy atom. The number of hydrogen-bond donors (Lipinski definition) is 1. The number of thioether (sulfide) groups is 1. The van der Waals surface area contributed by atoms with E-state index in [0.29, 0.717) is 0 Å². The summed E-state index contributed by atoms with van der Waals surface area (Å²) in [5, 5.41) is 5.63. The van der Waals surface area contributed by atoms with Crippen molar-refractivity contribution in [2.75, 3.05) is 11.6 Å². The van der Waals surface area contributed by atoms with E-state index in [1.807, 2.05) is 0 Å². The van der Waals surface area contributed by atoms with E-state index < -0.39 is 0 Å². The normalized spacial score (nSPS) is 11.2. The van der Waals surface area contributed by atoms with E-state index in [9.17, 15) is 0 Å². The van der Waals surface area contributed by atoms with Gasteiger partial charge in [-0.3, -0.25) is 4.40 Å². The minimum absolute atomic E-state index is 0.795. The Labute approximate surface area is 127 Å². The van der Waals surface area contributed by atoms with Crippen LogP contribution >= 0.6 is 23.1 Å². The Kier molecular flexibility index (Phi) is 3.72. The number of aromatic nitrogens is 2. The van der Waals surface area contributed by atoms with E-state index >= 15 is 0 Å². The predicted molar refractivity (Wildman–Crippen MR) is 88.1 cm³/mol. The fourth-order valence-electron chi connectivity index (χ4n) is 2.27. The Morgan fingerprint density at radius 1 is 1.25 bits per heavy atom. The molecule has 0 aliphatic carbocycles. The molecule has 0 bridgehead atoms. The lowest BCUT2D eigenvalue weighted by Gasteiger charge is -2.08. The molecular formula is C15H17N3S2. The lowest BCUT2D eigenvalue weighted by Crippen LogP contribution is -2.04. The molecule has 0 saturated carbocycles. The fraction of sp³-hybridized carbons (Fsp3) is 0.267. The van der Waals surface area contributed by atoms with E-state index in [1.54, 1.807) is 23.1 Å². The van der Waals surface area contributed by atoms with Crippen LogP contribution in [0.15, 0.2) is 34.5 Å². The highest BCUT2D eigenvalue weighted by Crippen LogP contribution is 2.22. The molecule has 1 N–H and O–H groups in total. The number of fused-ring (bicyclic) bond motifs is 1. The maximum atomic E-state index is 4.61. The van der Waals surface area contributed by atoms with Crippen molar-refractivity contribution in [3.63, 3.8) is 0 Å². The maximum absolute atomic E-state index is 4.61. The smallest absolute Gasteiger partial charge is 0.194 e. The Morgan fingerprint density at radius 2 is 2.00 bits per heavy atom. The Bertz CT molecular complexity index is 725. The fourth-order valence-corrected chi connectivity index (χ4v) is 3.61. The molecule has 3 aromatic rings. The Balaban J connectivity index is 1.82. The van der Waals surface area contributed by atoms with Gasteiger partial charge in [0, 0.05) is 21.7 Å². The van der Waals surface area contributed by atoms with Gasteiger partial charge in [0.05, 0.1) is 17.9 Å². The van der Waals surface area contributed by atoms with Crippen molar-refractivity contribution >= 4 is 33.7 Å². The summed E-state index contributed by atoms with van der Waals surface area (Å²) in [6.45, 7) is 5.00. The summed E-state index contributed by atoms with van der Waals surface area (Å²) in [5.41, 5.74) is 4.74. The van der Waals surface area contributed by atoms with Gasteiger partial charge >= 0.3 is 0 Å². The summed E-state index contributed by atoms with van der Waals surface area (Å²) in [5.74, 6) is 0. The van der Waals surface area contributed by atoms with Crippen molar-refractivity contribution in [3.8, 4) is 0 Å². The summed E-state index contributed by atoms with van der Waals surface area (Å²) in [6, 6.07) is 8.53. The van der Waals surface area contributed by atoms with E-state index in [1.165, 1.54) is 16.3 Å². The van der Waals surface area contributed by atoms with Crippen molar-refractivity contribution in [1.82, 2.24) is 9.38 Å². The molecule has 0 fully saturated rings. The number of thiazole rings is 1. The lowest BCUT2D eigenvalue weighted by molar-refractivity contribution is 0.966. The van der Waals surface area contributed by atoms with Gasteiger partial charge in [-0.1, -0.05) is 0 Å². The average molecular weight is 303 g/mol. The first-order chi connectivity index (χ1) is 9.69. The molecule has 0 unspecified atom stereocenters. The topological polar surface area (TPSA) is 29.3 Å². The zero-order valence-electron chi connectivity index (χ0n) is 11.8. The van der Waals surface area contributed by atoms with Gasteiger partial charge in [0.2, 0.25) is 0 Å². The number of anilines is 1. The largest absolute Gasteiger partial charge is 0.379 e. The number of imidazole rings is 1. The first kappa shape index (κ1) is 13.5. The summed E-state index contributed by atoms with van der Waals surface area (Å²) in [7, 11) is 0. The van der Waals surface area contributed by atoms with Crippen LogP contribution in [0, 0.1) is 13.8 Å². The van der Waals surface area contributed by atoms with Crippen LogP contribution in [0.25, 0.3) is 4.96 Å². The molecule has 104 valence electrons. The second-order valence-electron chi connectivity index (χ2n) is 4.72. The van der Waals surface area contributed by atoms with Crippen molar-refractivity contribution in [1.29, 1.82) is 0 Å². The molecule has 0 aliphatic rings. The Hall–Kier alpha value is -1.46. The number of nitrogens with zero attached hydrogens (tertiary/aromatic N) is 2. The van der Waals surface area contributed by atoms with Gasteiger partial charge in [0.25, 0.3) is 0 Å². The monoisotopic (exact) mass is 303 g/mol. The van der Waals surface area contributed by atoms with E-state index in [2.05, 4.69) is 64.5 Å². The van der Waals surface area contributed by atoms with Crippen LogP contribution < -0.4 is 5.32 Å². The van der Waals surface area contributed by atoms with Crippen molar-refractivity contribution in [3.05, 3.63) is 46.7 Å². The highest BCUT2D eigenvalue weighted by atomic mass is 32.2. The summed E-state index contributed by atoms with van der Waals surface area (Å²) < 4.78 is 2.24. The van der Waals surface area contributed by atoms with Crippen LogP contribution in [0.4, 0.5) is 5.69 Å². The predicted octanol–water partition coefficient (Wildman–Crippen LogP) is 4.35. The van der Waals surface area contributed by atoms with Gasteiger partial charge in [-0.15, -0.1) is 23.1 Å². The molecular weight excluding hydrogens is 286 g/mol. The quantitative estimate of drug-likeness (QED) is 0.727. The molecule has 0 amide bonds. The second-order valence-corrected chi connectivity index (χ2v) is 6.44. The molecule has 1 aromatic carbocycles. The second kappa shape index (κ2) is 5.50. The van der Waals surface area contributed by atoms with Crippen LogP contribution in [-0.2, 0) is 6.54 Å². The number of aryl methyl sites for hydroxylation is 2. The van der Waals surface area contributed by atoms with Crippen LogP contribution in [-0.4, -0.2) is 15.6 Å². The van der Waals surface area contributed by atoms with Crippen LogP contribution in [0.2, 0.25) is 0 Å². The SMILES string of the molecule is CSc1ccc(NCc2c(C)nc3scc(C)n23)cc1. The third-order valence-corrected chi connectivity index (χ3v) is 5.07. The minimum Gasteiger partial charge on any atom is -0.379 e. The minimum atomic E-state index is 0.795. The molecule has 0 atom stereocenters. The van der Waals surface area contributed by atoms with Gasteiger partial charge < -0.3 is 5.32 Å². The van der Waals surface area contributed by atoms with Crippen molar-refractivity contribution in [2.24, 2.45) is 0 Å². The van der Waals surface area contributed by atoms with Crippen LogP contribution in [0.3, 0.4) is 0 Å². The third-order valence-electron chi connectivity index (χ3n) is 3.38. The summed E-state index contributed by atoms with van der Waals surface area (Å²) in [4.78, 5) is 6.97. The molecule has 0 spiro atoms. The molecule has 2 heterocycles. The average Bonchev–Trinajstić information content (AvgIpc) is 2.97. The highest BCUT2D eigenvalue weighted by molar-refractivity contribution is 7.98. The number of hydrogen-bond acceptors (Lipinski definition) is 4. The van der Waals surface area contributed by atoms with Crippen LogP contribution in [0.1, 0.15) is 17.1 Å². The van der Waals surface area contributed by atoms with Gasteiger partial charge in [-0.2, -0.15) is 0 Å². The molecule has 20 heavy (non-hydrogen) atoms. The summed E-state index contributed by atoms with van der Waals surface area (Å²) >= 11 is 3.46. The summed E-state index contributed by atoms with van der Waals surface area (Å²) in [6.07, 6.45) is 2.09. The van der Waals surface area contributed by atoms with Crippen molar-refractivity contribution in [2.45, 2.75) is 25.3 Å².